The molecule has 0 heterocycles. The van der Waals surface area contributed by atoms with Crippen molar-refractivity contribution in [1.82, 2.24) is 0 Å². The highest BCUT2D eigenvalue weighted by Crippen LogP contribution is 2.15. The Balaban J connectivity index is 2.25. The summed E-state index contributed by atoms with van der Waals surface area (Å²) in [5, 5.41) is 9.65. The van der Waals surface area contributed by atoms with E-state index in [0.29, 0.717) is 5.02 Å². The van der Waals surface area contributed by atoms with E-state index in [1.54, 1.807) is 36.4 Å². The Morgan fingerprint density at radius 1 is 0.947 bits per heavy atom. The third-order valence-corrected chi connectivity index (χ3v) is 2.99. The molecule has 2 aromatic carbocycles. The summed E-state index contributed by atoms with van der Waals surface area (Å²) in [7, 11) is 0. The minimum absolute atomic E-state index is 0.0291. The maximum Gasteiger partial charge on any atom is 0.336 e. The Kier molecular flexibility index (Phi) is 3.97. The van der Waals surface area contributed by atoms with Gasteiger partial charge in [-0.15, -0.1) is 0 Å². The van der Waals surface area contributed by atoms with Gasteiger partial charge in [0.15, 0.2) is 5.78 Å². The zero-order valence-corrected chi connectivity index (χ0v) is 10.7. The molecule has 0 aliphatic heterocycles. The Hall–Kier alpha value is -2.13. The Bertz CT molecular complexity index is 618. The molecule has 0 aliphatic carbocycles. The molecule has 3 nitrogen and oxygen atoms in total. The second kappa shape index (κ2) is 5.67. The molecule has 2 aromatic rings. The molecule has 4 heteroatoms. The number of ketones is 1. The van der Waals surface area contributed by atoms with Gasteiger partial charge < -0.3 is 5.11 Å². The van der Waals surface area contributed by atoms with Crippen molar-refractivity contribution in [2.24, 2.45) is 0 Å². The normalized spacial score (nSPS) is 10.2. The molecular weight excluding hydrogens is 264 g/mol. The summed E-state index contributed by atoms with van der Waals surface area (Å²) < 4.78 is 0. The fraction of sp³-hybridized carbons (Fsp3) is 0.0667. The van der Waals surface area contributed by atoms with E-state index in [-0.39, 0.29) is 23.3 Å². The van der Waals surface area contributed by atoms with Crippen molar-refractivity contribution >= 4 is 23.4 Å². The molecule has 0 saturated carbocycles. The predicted molar refractivity (Wildman–Crippen MR) is 72.9 cm³/mol. The van der Waals surface area contributed by atoms with Gasteiger partial charge in [0, 0.05) is 17.0 Å². The van der Waals surface area contributed by atoms with Crippen molar-refractivity contribution in [1.29, 1.82) is 0 Å². The summed E-state index contributed by atoms with van der Waals surface area (Å²) in [4.78, 5) is 23.2. The van der Waals surface area contributed by atoms with Crippen molar-refractivity contribution in [3.8, 4) is 0 Å². The van der Waals surface area contributed by atoms with Crippen LogP contribution in [0.1, 0.15) is 26.3 Å². The SMILES string of the molecule is O=C(O)c1ccccc1C(=O)Cc1ccc(Cl)cc1. The molecule has 2 rings (SSSR count). The lowest BCUT2D eigenvalue weighted by molar-refractivity contribution is 0.0692. The predicted octanol–water partition coefficient (Wildman–Crippen LogP) is 3.46. The third kappa shape index (κ3) is 3.20. The van der Waals surface area contributed by atoms with Crippen LogP contribution >= 0.6 is 11.6 Å². The summed E-state index contributed by atoms with van der Waals surface area (Å²) in [6.45, 7) is 0. The van der Waals surface area contributed by atoms with Gasteiger partial charge in [-0.05, 0) is 23.8 Å². The maximum absolute atomic E-state index is 12.1. The first kappa shape index (κ1) is 13.3. The second-order valence-corrected chi connectivity index (χ2v) is 4.51. The largest absolute Gasteiger partial charge is 0.478 e. The minimum atomic E-state index is -1.10. The second-order valence-electron chi connectivity index (χ2n) is 4.08. The quantitative estimate of drug-likeness (QED) is 0.869. The van der Waals surface area contributed by atoms with Gasteiger partial charge in [-0.25, -0.2) is 4.79 Å². The standard InChI is InChI=1S/C15H11ClO3/c16-11-7-5-10(6-8-11)9-14(17)12-3-1-2-4-13(12)15(18)19/h1-8H,9H2,(H,18,19). The van der Waals surface area contributed by atoms with Gasteiger partial charge in [0.05, 0.1) is 5.56 Å². The van der Waals surface area contributed by atoms with Crippen LogP contribution in [-0.2, 0) is 6.42 Å². The average molecular weight is 275 g/mol. The fourth-order valence-electron chi connectivity index (χ4n) is 1.80. The van der Waals surface area contributed by atoms with Gasteiger partial charge in [-0.3, -0.25) is 4.79 Å². The Morgan fingerprint density at radius 3 is 2.11 bits per heavy atom. The first-order chi connectivity index (χ1) is 9.08. The molecule has 1 N–H and O–H groups in total. The molecule has 96 valence electrons. The number of benzene rings is 2. The number of carbonyl (C=O) groups is 2. The van der Waals surface area contributed by atoms with E-state index in [1.165, 1.54) is 12.1 Å². The van der Waals surface area contributed by atoms with Crippen molar-refractivity contribution in [2.45, 2.75) is 6.42 Å². The monoisotopic (exact) mass is 274 g/mol. The number of hydrogen-bond donors (Lipinski definition) is 1. The number of aromatic carboxylic acids is 1. The van der Waals surface area contributed by atoms with Gasteiger partial charge in [-0.2, -0.15) is 0 Å². The maximum atomic E-state index is 12.1. The van der Waals surface area contributed by atoms with Crippen LogP contribution in [0.4, 0.5) is 0 Å². The lowest BCUT2D eigenvalue weighted by atomic mass is 9.98. The zero-order chi connectivity index (χ0) is 13.8. The number of carboxylic acid groups (broad SMARTS) is 1. The summed E-state index contributed by atoms with van der Waals surface area (Å²) in [5.41, 5.74) is 1.06. The van der Waals surface area contributed by atoms with Crippen LogP contribution in [0.15, 0.2) is 48.5 Å². The van der Waals surface area contributed by atoms with E-state index in [1.807, 2.05) is 0 Å². The summed E-state index contributed by atoms with van der Waals surface area (Å²) in [5.74, 6) is -1.32. The van der Waals surface area contributed by atoms with Crippen LogP contribution in [0.3, 0.4) is 0 Å². The lowest BCUT2D eigenvalue weighted by Crippen LogP contribution is -2.10. The van der Waals surface area contributed by atoms with Crippen LogP contribution in [-0.4, -0.2) is 16.9 Å². The van der Waals surface area contributed by atoms with E-state index in [2.05, 4.69) is 0 Å². The lowest BCUT2D eigenvalue weighted by Gasteiger charge is -2.05. The molecule has 0 aromatic heterocycles. The van der Waals surface area contributed by atoms with Gasteiger partial charge >= 0.3 is 5.97 Å². The summed E-state index contributed by atoms with van der Waals surface area (Å²) in [6, 6.07) is 13.1. The van der Waals surface area contributed by atoms with E-state index in [9.17, 15) is 9.59 Å². The van der Waals surface area contributed by atoms with Crippen molar-refractivity contribution in [2.75, 3.05) is 0 Å². The first-order valence-corrected chi connectivity index (χ1v) is 6.05. The van der Waals surface area contributed by atoms with E-state index in [0.717, 1.165) is 5.56 Å². The molecule has 0 atom stereocenters. The summed E-state index contributed by atoms with van der Waals surface area (Å²) >= 11 is 5.77. The first-order valence-electron chi connectivity index (χ1n) is 5.68. The fourth-order valence-corrected chi connectivity index (χ4v) is 1.92. The smallest absolute Gasteiger partial charge is 0.336 e. The summed E-state index contributed by atoms with van der Waals surface area (Å²) in [6.07, 6.45) is 0.154. The minimum Gasteiger partial charge on any atom is -0.478 e. The number of Topliss-reactive ketones (excluding diaryl/α,β-unsaturated/α-hetero) is 1. The molecule has 0 radical (unpaired) electrons. The van der Waals surface area contributed by atoms with Crippen LogP contribution in [0.5, 0.6) is 0 Å². The molecule has 0 fully saturated rings. The van der Waals surface area contributed by atoms with Gasteiger partial charge in [0.1, 0.15) is 0 Å². The third-order valence-electron chi connectivity index (χ3n) is 2.74. The highest BCUT2D eigenvalue weighted by Gasteiger charge is 2.15. The molecule has 19 heavy (non-hydrogen) atoms. The van der Waals surface area contributed by atoms with Crippen molar-refractivity contribution in [3.05, 3.63) is 70.2 Å². The topological polar surface area (TPSA) is 54.4 Å². The molecule has 0 saturated heterocycles. The molecule has 0 amide bonds. The van der Waals surface area contributed by atoms with Crippen LogP contribution in [0.2, 0.25) is 5.02 Å². The number of halogens is 1. The number of rotatable bonds is 4. The molecule has 0 unspecified atom stereocenters. The molecule has 0 spiro atoms. The Morgan fingerprint density at radius 2 is 1.53 bits per heavy atom. The molecule has 0 bridgehead atoms. The van der Waals surface area contributed by atoms with Crippen LogP contribution in [0.25, 0.3) is 0 Å². The Labute approximate surface area is 115 Å². The van der Waals surface area contributed by atoms with E-state index >= 15 is 0 Å². The van der Waals surface area contributed by atoms with Crippen LogP contribution < -0.4 is 0 Å². The number of carboxylic acids is 1. The zero-order valence-electron chi connectivity index (χ0n) is 9.97. The van der Waals surface area contributed by atoms with E-state index in [4.69, 9.17) is 16.7 Å². The molecular formula is C15H11ClO3. The van der Waals surface area contributed by atoms with Gasteiger partial charge in [0.25, 0.3) is 0 Å². The average Bonchev–Trinajstić information content (AvgIpc) is 2.41. The van der Waals surface area contributed by atoms with Crippen molar-refractivity contribution < 1.29 is 14.7 Å². The van der Waals surface area contributed by atoms with Gasteiger partial charge in [-0.1, -0.05) is 41.9 Å². The highest BCUT2D eigenvalue weighted by atomic mass is 35.5. The highest BCUT2D eigenvalue weighted by molar-refractivity contribution is 6.30. The van der Waals surface area contributed by atoms with Gasteiger partial charge in [0.2, 0.25) is 0 Å². The van der Waals surface area contributed by atoms with E-state index < -0.39 is 5.97 Å². The molecule has 0 aliphatic rings. The number of hydrogen-bond acceptors (Lipinski definition) is 2. The number of carbonyl (C=O) groups excluding carboxylic acids is 1. The van der Waals surface area contributed by atoms with Crippen LogP contribution in [0, 0.1) is 0 Å². The van der Waals surface area contributed by atoms with Crippen molar-refractivity contribution in [3.63, 3.8) is 0 Å².